The predicted molar refractivity (Wildman–Crippen MR) is 144 cm³/mol. The van der Waals surface area contributed by atoms with Crippen LogP contribution >= 0.6 is 0 Å². The van der Waals surface area contributed by atoms with E-state index in [0.717, 1.165) is 0 Å². The number of halogens is 2. The number of nitrogens with one attached hydrogen (secondary N) is 1. The standard InChI is InChI=1S/C20H21.C12H15N.2ClH.Zr/c1-14-12-16-6-5-7-18(19(16)13-14)15-8-10-17(11-9-15)20(2,3)4;1-5-10-8(3)9(4)12-11(10)6-7(2)13-12;;;/h5-13H,1-4H3;5-6,13H,1-4H3;2*1H;/q;;;;+2/p-2. The number of fused-ring (bicyclic) bond motifs is 2. The summed E-state index contributed by atoms with van der Waals surface area (Å²) in [5.74, 6) is 0. The van der Waals surface area contributed by atoms with Crippen molar-refractivity contribution in [1.82, 2.24) is 4.98 Å². The Hall–Kier alpha value is -1.60. The van der Waals surface area contributed by atoms with Crippen LogP contribution in [0.5, 0.6) is 0 Å². The Morgan fingerprint density at radius 3 is 2.08 bits per heavy atom. The van der Waals surface area contributed by atoms with Crippen LogP contribution in [-0.2, 0) is 30.1 Å². The topological polar surface area (TPSA) is 15.8 Å². The van der Waals surface area contributed by atoms with Crippen LogP contribution in [0.3, 0.4) is 0 Å². The van der Waals surface area contributed by atoms with Crippen molar-refractivity contribution in [3.05, 3.63) is 99.4 Å². The maximum Gasteiger partial charge on any atom is 0.0494 e. The summed E-state index contributed by atoms with van der Waals surface area (Å²) in [6.07, 6.45) is 4.57. The average molecular weight is 597 g/mol. The van der Waals surface area contributed by atoms with E-state index in [-0.39, 0.29) is 30.2 Å². The van der Waals surface area contributed by atoms with Crippen molar-refractivity contribution in [3.63, 3.8) is 0 Å². The Labute approximate surface area is 245 Å². The molecule has 3 aromatic rings. The van der Waals surface area contributed by atoms with E-state index in [0.29, 0.717) is 3.63 Å². The van der Waals surface area contributed by atoms with Crippen molar-refractivity contribution in [1.29, 1.82) is 0 Å². The number of benzene rings is 2. The van der Waals surface area contributed by atoms with Crippen LogP contribution in [0.2, 0.25) is 0 Å². The number of aromatic nitrogens is 1. The van der Waals surface area contributed by atoms with Gasteiger partial charge in [-0.1, -0.05) is 6.08 Å². The van der Waals surface area contributed by atoms with Gasteiger partial charge in [-0.15, -0.1) is 0 Å². The summed E-state index contributed by atoms with van der Waals surface area (Å²) >= 11 is 1.58. The summed E-state index contributed by atoms with van der Waals surface area (Å²) in [6.45, 7) is 17.6. The van der Waals surface area contributed by atoms with Crippen LogP contribution in [0.1, 0.15) is 85.7 Å². The molecule has 0 spiro atoms. The van der Waals surface area contributed by atoms with Crippen molar-refractivity contribution in [2.45, 2.75) is 64.4 Å². The van der Waals surface area contributed by atoms with E-state index in [2.05, 4.69) is 121 Å². The second-order valence-corrected chi connectivity index (χ2v) is 12.1. The maximum atomic E-state index is 3.40. The predicted octanol–water partition coefficient (Wildman–Crippen LogP) is 3.20. The van der Waals surface area contributed by atoms with Gasteiger partial charge >= 0.3 is 143 Å². The van der Waals surface area contributed by atoms with Gasteiger partial charge in [0, 0.05) is 17.0 Å². The largest absolute Gasteiger partial charge is 1.00 e. The molecule has 0 aliphatic heterocycles. The molecule has 2 aliphatic carbocycles. The Kier molecular flexibility index (Phi) is 10.1. The van der Waals surface area contributed by atoms with Gasteiger partial charge < -0.3 is 29.8 Å². The van der Waals surface area contributed by atoms with Crippen LogP contribution in [0.15, 0.2) is 65.8 Å². The number of rotatable bonds is 1. The fourth-order valence-electron chi connectivity index (χ4n) is 5.01. The van der Waals surface area contributed by atoms with E-state index in [1.165, 1.54) is 67.1 Å². The van der Waals surface area contributed by atoms with Crippen LogP contribution in [0.4, 0.5) is 0 Å². The first-order chi connectivity index (χ1) is 16.0. The zero-order chi connectivity index (χ0) is 24.8. The van der Waals surface area contributed by atoms with Gasteiger partial charge in [0.15, 0.2) is 0 Å². The van der Waals surface area contributed by atoms with E-state index in [1.807, 2.05) is 0 Å². The molecule has 0 saturated carbocycles. The number of hydrogen-bond donors (Lipinski definition) is 1. The van der Waals surface area contributed by atoms with Crippen LogP contribution in [0, 0.1) is 6.92 Å². The first-order valence-electron chi connectivity index (χ1n) is 12.2. The van der Waals surface area contributed by atoms with Crippen LogP contribution in [-0.4, -0.2) is 4.98 Å². The normalized spacial score (nSPS) is 17.0. The number of aromatic amines is 1. The molecule has 1 aromatic heterocycles. The minimum atomic E-state index is 0. The van der Waals surface area contributed by atoms with Crippen molar-refractivity contribution in [3.8, 4) is 11.1 Å². The molecule has 1 atom stereocenters. The smallest absolute Gasteiger partial charge is 0.0494 e. The van der Waals surface area contributed by atoms with E-state index < -0.39 is 0 Å². The SMILES string of the molecule is CC1=Cc2c(-c3ccc(C(C)(C)C)cc3)cccc2[CH]1[Zr+2].CC=C1C(C)=C(C)c2[nH]c(C)cc21.[Cl-].[Cl-]. The molecule has 4 heteroatoms. The summed E-state index contributed by atoms with van der Waals surface area (Å²) in [7, 11) is 0. The Bertz CT molecular complexity index is 1330. The van der Waals surface area contributed by atoms with Gasteiger partial charge in [0.05, 0.1) is 0 Å². The number of hydrogen-bond acceptors (Lipinski definition) is 0. The molecule has 0 saturated heterocycles. The summed E-state index contributed by atoms with van der Waals surface area (Å²) in [6, 6.07) is 18.1. The molecule has 0 radical (unpaired) electrons. The monoisotopic (exact) mass is 594 g/mol. The van der Waals surface area contributed by atoms with Crippen LogP contribution in [0.25, 0.3) is 28.3 Å². The molecule has 5 rings (SSSR count). The third-order valence-electron chi connectivity index (χ3n) is 7.21. The molecular weight excluding hydrogens is 560 g/mol. The summed E-state index contributed by atoms with van der Waals surface area (Å²) in [5, 5.41) is 0. The first-order valence-corrected chi connectivity index (χ1v) is 13.6. The van der Waals surface area contributed by atoms with Gasteiger partial charge in [-0.2, -0.15) is 0 Å². The number of H-pyrrole nitrogens is 1. The second-order valence-electron chi connectivity index (χ2n) is 10.7. The molecule has 0 amide bonds. The minimum absolute atomic E-state index is 0. The second kappa shape index (κ2) is 11.8. The van der Waals surface area contributed by atoms with Gasteiger partial charge in [-0.3, -0.25) is 0 Å². The molecule has 1 nitrogen and oxygen atoms in total. The van der Waals surface area contributed by atoms with Gasteiger partial charge in [0.2, 0.25) is 0 Å². The van der Waals surface area contributed by atoms with Gasteiger partial charge in [0.1, 0.15) is 0 Å². The van der Waals surface area contributed by atoms with Gasteiger partial charge in [0.25, 0.3) is 0 Å². The van der Waals surface area contributed by atoms with Crippen molar-refractivity contribution in [2.75, 3.05) is 0 Å². The maximum absolute atomic E-state index is 3.40. The Morgan fingerprint density at radius 2 is 1.50 bits per heavy atom. The molecule has 36 heavy (non-hydrogen) atoms. The molecule has 0 bridgehead atoms. The van der Waals surface area contributed by atoms with E-state index in [1.54, 1.807) is 24.7 Å². The Balaban J connectivity index is 0.000000264. The minimum Gasteiger partial charge on any atom is -1.00 e. The summed E-state index contributed by atoms with van der Waals surface area (Å²) in [4.78, 5) is 3.40. The van der Waals surface area contributed by atoms with Crippen molar-refractivity contribution >= 4 is 17.2 Å². The first kappa shape index (κ1) is 30.6. The van der Waals surface area contributed by atoms with Crippen LogP contribution < -0.4 is 24.8 Å². The molecule has 1 N–H and O–H groups in total. The molecule has 1 unspecified atom stereocenters. The molecule has 1 heterocycles. The molecule has 187 valence electrons. The number of aryl methyl sites for hydroxylation is 1. The fraction of sp³-hybridized carbons (Fsp3) is 0.312. The Morgan fingerprint density at radius 1 is 0.861 bits per heavy atom. The quantitative estimate of drug-likeness (QED) is 0.445. The molecule has 0 fully saturated rings. The number of allylic oxidation sites excluding steroid dienone is 5. The summed E-state index contributed by atoms with van der Waals surface area (Å²) < 4.78 is 0.640. The van der Waals surface area contributed by atoms with Crippen molar-refractivity contribution in [2.24, 2.45) is 0 Å². The third-order valence-corrected chi connectivity index (χ3v) is 9.10. The summed E-state index contributed by atoms with van der Waals surface area (Å²) in [5.41, 5.74) is 16.8. The third kappa shape index (κ3) is 5.77. The molecular formula is C32H36Cl2NZr. The zero-order valence-electron chi connectivity index (χ0n) is 22.6. The fourth-order valence-corrected chi connectivity index (χ4v) is 5.84. The van der Waals surface area contributed by atoms with E-state index >= 15 is 0 Å². The molecule has 2 aliphatic rings. The van der Waals surface area contributed by atoms with Gasteiger partial charge in [-0.05, 0) is 50.5 Å². The van der Waals surface area contributed by atoms with Crippen molar-refractivity contribution < 1.29 is 49.5 Å². The van der Waals surface area contributed by atoms with E-state index in [4.69, 9.17) is 0 Å². The average Bonchev–Trinajstić information content (AvgIpc) is 3.39. The van der Waals surface area contributed by atoms with Gasteiger partial charge in [-0.25, -0.2) is 0 Å². The molecule has 2 aromatic carbocycles. The van der Waals surface area contributed by atoms with E-state index in [9.17, 15) is 0 Å². The zero-order valence-corrected chi connectivity index (χ0v) is 26.6.